The van der Waals surface area contributed by atoms with Crippen LogP contribution < -0.4 is 5.32 Å². The van der Waals surface area contributed by atoms with E-state index in [1.807, 2.05) is 0 Å². The van der Waals surface area contributed by atoms with E-state index in [0.717, 1.165) is 6.42 Å². The number of nitrogens with one attached hydrogen (secondary N) is 1. The number of hydrogen-bond donors (Lipinski definition) is 2. The monoisotopic (exact) mass is 229 g/mol. The Balaban J connectivity index is 4.37. The highest BCUT2D eigenvalue weighted by Crippen LogP contribution is 2.26. The van der Waals surface area contributed by atoms with Crippen LogP contribution in [0.25, 0.3) is 0 Å². The molecule has 2 N–H and O–H groups in total. The molecule has 0 aliphatic heterocycles. The number of carboxylic acids is 1. The largest absolute Gasteiger partial charge is 0.481 e. The lowest BCUT2D eigenvalue weighted by atomic mass is 9.80. The summed E-state index contributed by atoms with van der Waals surface area (Å²) >= 11 is 0. The highest BCUT2D eigenvalue weighted by molar-refractivity contribution is 5.97. The molecule has 0 aliphatic rings. The number of hydrogen-bond acceptors (Lipinski definition) is 2. The maximum Gasteiger partial charge on any atom is 0.316 e. The second-order valence-corrected chi connectivity index (χ2v) is 5.61. The molecule has 0 saturated carbocycles. The van der Waals surface area contributed by atoms with Crippen LogP contribution in [0.2, 0.25) is 0 Å². The van der Waals surface area contributed by atoms with E-state index in [1.54, 1.807) is 20.8 Å². The minimum atomic E-state index is -1.06. The summed E-state index contributed by atoms with van der Waals surface area (Å²) in [5.41, 5.74) is -0.562. The Kier molecular flexibility index (Phi) is 5.48. The third-order valence-electron chi connectivity index (χ3n) is 2.40. The van der Waals surface area contributed by atoms with Crippen LogP contribution in [0.5, 0.6) is 0 Å². The van der Waals surface area contributed by atoms with Gasteiger partial charge in [0.15, 0.2) is 0 Å². The van der Waals surface area contributed by atoms with Crippen molar-refractivity contribution >= 4 is 11.9 Å². The van der Waals surface area contributed by atoms with Crippen LogP contribution in [0, 0.1) is 17.3 Å². The van der Waals surface area contributed by atoms with E-state index in [-0.39, 0.29) is 5.91 Å². The van der Waals surface area contributed by atoms with Crippen molar-refractivity contribution in [3.05, 3.63) is 0 Å². The molecule has 4 nitrogen and oxygen atoms in total. The molecule has 0 saturated heterocycles. The van der Waals surface area contributed by atoms with E-state index < -0.39 is 17.3 Å². The minimum Gasteiger partial charge on any atom is -0.481 e. The Morgan fingerprint density at radius 1 is 1.25 bits per heavy atom. The van der Waals surface area contributed by atoms with Gasteiger partial charge in [-0.05, 0) is 17.8 Å². The van der Waals surface area contributed by atoms with Crippen LogP contribution in [0.4, 0.5) is 0 Å². The maximum absolute atomic E-state index is 11.7. The molecule has 4 heteroatoms. The van der Waals surface area contributed by atoms with Crippen molar-refractivity contribution in [2.45, 2.75) is 41.0 Å². The van der Waals surface area contributed by atoms with Gasteiger partial charge in [-0.3, -0.25) is 9.59 Å². The van der Waals surface area contributed by atoms with Crippen molar-refractivity contribution in [3.63, 3.8) is 0 Å². The van der Waals surface area contributed by atoms with Crippen LogP contribution in [-0.4, -0.2) is 23.5 Å². The Hall–Kier alpha value is -1.06. The lowest BCUT2D eigenvalue weighted by Gasteiger charge is -2.26. The summed E-state index contributed by atoms with van der Waals surface area (Å²) in [7, 11) is 0. The molecule has 0 aromatic heterocycles. The number of rotatable bonds is 5. The van der Waals surface area contributed by atoms with Crippen molar-refractivity contribution < 1.29 is 14.7 Å². The third kappa shape index (κ3) is 5.14. The molecule has 1 unspecified atom stereocenters. The predicted octanol–water partition coefficient (Wildman–Crippen LogP) is 1.90. The molecule has 0 spiro atoms. The Bertz CT molecular complexity index is 253. The lowest BCUT2D eigenvalue weighted by molar-refractivity contribution is -0.151. The second kappa shape index (κ2) is 5.87. The van der Waals surface area contributed by atoms with Gasteiger partial charge >= 0.3 is 5.97 Å². The molecule has 1 atom stereocenters. The zero-order chi connectivity index (χ0) is 12.9. The van der Waals surface area contributed by atoms with Crippen LogP contribution in [0.1, 0.15) is 41.0 Å². The molecule has 0 bridgehead atoms. The highest BCUT2D eigenvalue weighted by atomic mass is 16.4. The molecule has 0 heterocycles. The van der Waals surface area contributed by atoms with Gasteiger partial charge in [-0.2, -0.15) is 0 Å². The number of aliphatic carboxylic acids is 1. The van der Waals surface area contributed by atoms with Crippen molar-refractivity contribution in [1.29, 1.82) is 0 Å². The topological polar surface area (TPSA) is 66.4 Å². The Labute approximate surface area is 97.4 Å². The number of amides is 1. The summed E-state index contributed by atoms with van der Waals surface area (Å²) in [6.45, 7) is 9.93. The number of carbonyl (C=O) groups excluding carboxylic acids is 1. The molecule has 0 aromatic rings. The third-order valence-corrected chi connectivity index (χ3v) is 2.40. The van der Waals surface area contributed by atoms with Gasteiger partial charge in [0.1, 0.15) is 5.92 Å². The van der Waals surface area contributed by atoms with Crippen LogP contribution >= 0.6 is 0 Å². The first-order valence-electron chi connectivity index (χ1n) is 5.66. The van der Waals surface area contributed by atoms with Gasteiger partial charge in [0, 0.05) is 6.54 Å². The zero-order valence-electron chi connectivity index (χ0n) is 10.8. The van der Waals surface area contributed by atoms with Gasteiger partial charge < -0.3 is 10.4 Å². The van der Waals surface area contributed by atoms with Gasteiger partial charge in [-0.1, -0.05) is 34.6 Å². The van der Waals surface area contributed by atoms with Crippen molar-refractivity contribution in [2.24, 2.45) is 17.3 Å². The molecule has 0 fully saturated rings. The van der Waals surface area contributed by atoms with E-state index in [4.69, 9.17) is 5.11 Å². The first-order valence-corrected chi connectivity index (χ1v) is 5.66. The molecular formula is C12H23NO3. The van der Waals surface area contributed by atoms with Crippen LogP contribution in [-0.2, 0) is 9.59 Å². The standard InChI is InChI=1S/C12H23NO3/c1-8(2)6-7-13-10(14)9(11(15)16)12(3,4)5/h8-9H,6-7H2,1-5H3,(H,13,14)(H,15,16). The fraction of sp³-hybridized carbons (Fsp3) is 0.833. The average molecular weight is 229 g/mol. The van der Waals surface area contributed by atoms with E-state index >= 15 is 0 Å². The molecule has 16 heavy (non-hydrogen) atoms. The highest BCUT2D eigenvalue weighted by Gasteiger charge is 2.37. The fourth-order valence-electron chi connectivity index (χ4n) is 1.46. The SMILES string of the molecule is CC(C)CCNC(=O)C(C(=O)O)C(C)(C)C. The summed E-state index contributed by atoms with van der Waals surface area (Å²) in [5, 5.41) is 11.7. The van der Waals surface area contributed by atoms with Gasteiger partial charge in [0.2, 0.25) is 5.91 Å². The van der Waals surface area contributed by atoms with E-state index in [9.17, 15) is 9.59 Å². The summed E-state index contributed by atoms with van der Waals surface area (Å²) < 4.78 is 0. The van der Waals surface area contributed by atoms with Gasteiger partial charge in [0.25, 0.3) is 0 Å². The van der Waals surface area contributed by atoms with Crippen LogP contribution in [0.15, 0.2) is 0 Å². The first-order chi connectivity index (χ1) is 7.16. The van der Waals surface area contributed by atoms with E-state index in [1.165, 1.54) is 0 Å². The Morgan fingerprint density at radius 3 is 2.06 bits per heavy atom. The summed E-state index contributed by atoms with van der Waals surface area (Å²) in [5.74, 6) is -1.94. The average Bonchev–Trinajstić information content (AvgIpc) is 1.98. The van der Waals surface area contributed by atoms with Gasteiger partial charge in [-0.25, -0.2) is 0 Å². The lowest BCUT2D eigenvalue weighted by Crippen LogP contribution is -2.43. The smallest absolute Gasteiger partial charge is 0.316 e. The van der Waals surface area contributed by atoms with E-state index in [2.05, 4.69) is 19.2 Å². The molecule has 0 radical (unpaired) electrons. The first kappa shape index (κ1) is 14.9. The predicted molar refractivity (Wildman–Crippen MR) is 63.0 cm³/mol. The number of carboxylic acid groups (broad SMARTS) is 1. The van der Waals surface area contributed by atoms with Crippen LogP contribution in [0.3, 0.4) is 0 Å². The quantitative estimate of drug-likeness (QED) is 0.707. The summed E-state index contributed by atoms with van der Waals surface area (Å²) in [4.78, 5) is 22.7. The molecule has 0 aliphatic carbocycles. The summed E-state index contributed by atoms with van der Waals surface area (Å²) in [6.07, 6.45) is 0.863. The van der Waals surface area contributed by atoms with Crippen molar-refractivity contribution in [2.75, 3.05) is 6.54 Å². The molecule has 0 rings (SSSR count). The maximum atomic E-state index is 11.7. The molecule has 1 amide bonds. The molecule has 0 aromatic carbocycles. The van der Waals surface area contributed by atoms with E-state index in [0.29, 0.717) is 12.5 Å². The summed E-state index contributed by atoms with van der Waals surface area (Å²) in [6, 6.07) is 0. The molecular weight excluding hydrogens is 206 g/mol. The van der Waals surface area contributed by atoms with Gasteiger partial charge in [0.05, 0.1) is 0 Å². The fourth-order valence-corrected chi connectivity index (χ4v) is 1.46. The second-order valence-electron chi connectivity index (χ2n) is 5.61. The Morgan fingerprint density at radius 2 is 1.75 bits per heavy atom. The van der Waals surface area contributed by atoms with Crippen molar-refractivity contribution in [3.8, 4) is 0 Å². The van der Waals surface area contributed by atoms with Crippen molar-refractivity contribution in [1.82, 2.24) is 5.32 Å². The number of carbonyl (C=O) groups is 2. The molecule has 94 valence electrons. The van der Waals surface area contributed by atoms with Gasteiger partial charge in [-0.15, -0.1) is 0 Å². The minimum absolute atomic E-state index is 0.388. The normalized spacial score (nSPS) is 13.6. The zero-order valence-corrected chi connectivity index (χ0v) is 10.8.